The summed E-state index contributed by atoms with van der Waals surface area (Å²) in [5.74, 6) is -0.328. The van der Waals surface area contributed by atoms with Crippen LogP contribution in [-0.2, 0) is 17.7 Å². The van der Waals surface area contributed by atoms with Crippen molar-refractivity contribution in [3.63, 3.8) is 0 Å². The van der Waals surface area contributed by atoms with Crippen molar-refractivity contribution in [2.45, 2.75) is 65.0 Å². The number of allylic oxidation sites excluding steroid dienone is 1. The summed E-state index contributed by atoms with van der Waals surface area (Å²) < 4.78 is 5.56. The molecule has 8 nitrogen and oxygen atoms in total. The average Bonchev–Trinajstić information content (AvgIpc) is 2.85. The van der Waals surface area contributed by atoms with E-state index >= 15 is 0 Å². The second-order valence-corrected chi connectivity index (χ2v) is 11.3. The number of aliphatic imine (C=N–C) groups is 1. The predicted octanol–water partition coefficient (Wildman–Crippen LogP) is 4.35. The number of ether oxygens (including phenoxy) is 1. The van der Waals surface area contributed by atoms with Gasteiger partial charge in [-0.3, -0.25) is 15.2 Å². The Hall–Kier alpha value is -3.36. The van der Waals surface area contributed by atoms with E-state index in [-0.39, 0.29) is 17.9 Å². The molecule has 4 rings (SSSR count). The molecule has 0 aromatic heterocycles. The highest BCUT2D eigenvalue weighted by Crippen LogP contribution is 2.22. The number of carbonyl (C=O) groups excluding carboxylic acids is 1. The van der Waals surface area contributed by atoms with Crippen LogP contribution in [0.5, 0.6) is 5.75 Å². The third kappa shape index (κ3) is 7.58. The molecule has 0 bridgehead atoms. The number of phenols is 1. The first kappa shape index (κ1) is 27.7. The Bertz CT molecular complexity index is 1170. The van der Waals surface area contributed by atoms with E-state index in [1.165, 1.54) is 5.56 Å². The van der Waals surface area contributed by atoms with Gasteiger partial charge < -0.3 is 20.1 Å². The number of amides is 1. The summed E-state index contributed by atoms with van der Waals surface area (Å²) in [6.45, 7) is 13.6. The predicted molar refractivity (Wildman–Crippen MR) is 152 cm³/mol. The summed E-state index contributed by atoms with van der Waals surface area (Å²) in [6.07, 6.45) is 4.46. The molecule has 0 saturated carbocycles. The Labute approximate surface area is 226 Å². The molecule has 1 fully saturated rings. The van der Waals surface area contributed by atoms with E-state index in [0.29, 0.717) is 13.1 Å². The minimum absolute atomic E-state index is 0.234. The van der Waals surface area contributed by atoms with Gasteiger partial charge in [-0.1, -0.05) is 30.3 Å². The number of benzene rings is 2. The highest BCUT2D eigenvalue weighted by atomic mass is 16.6. The summed E-state index contributed by atoms with van der Waals surface area (Å²) >= 11 is 0. The molecule has 3 N–H and O–H groups in total. The Kier molecular flexibility index (Phi) is 8.43. The van der Waals surface area contributed by atoms with Crippen LogP contribution in [0.3, 0.4) is 0 Å². The van der Waals surface area contributed by atoms with Crippen molar-refractivity contribution in [1.29, 1.82) is 0 Å². The maximum Gasteiger partial charge on any atom is 0.410 e. The number of hydrogen-bond donors (Lipinski definition) is 3. The number of phenolic OH excluding ortho intramolecular Hbond substituents is 1. The van der Waals surface area contributed by atoms with Crippen LogP contribution < -0.4 is 10.6 Å². The van der Waals surface area contributed by atoms with Crippen LogP contribution in [0.1, 0.15) is 51.3 Å². The molecule has 2 heterocycles. The topological polar surface area (TPSA) is 89.4 Å². The van der Waals surface area contributed by atoms with Crippen LogP contribution in [-0.4, -0.2) is 70.8 Å². The fourth-order valence-electron chi connectivity index (χ4n) is 4.76. The zero-order valence-electron chi connectivity index (χ0n) is 23.2. The molecule has 0 spiro atoms. The van der Waals surface area contributed by atoms with Gasteiger partial charge in [-0.05, 0) is 82.0 Å². The first-order valence-electron chi connectivity index (χ1n) is 13.4. The number of aromatic hydroxyl groups is 1. The first-order chi connectivity index (χ1) is 18.0. The van der Waals surface area contributed by atoms with Crippen molar-refractivity contribution in [3.05, 3.63) is 71.3 Å². The van der Waals surface area contributed by atoms with E-state index in [4.69, 9.17) is 4.74 Å². The van der Waals surface area contributed by atoms with Gasteiger partial charge in [0.2, 0.25) is 0 Å². The Morgan fingerprint density at radius 1 is 1.18 bits per heavy atom. The van der Waals surface area contributed by atoms with Crippen molar-refractivity contribution in [3.8, 4) is 5.75 Å². The molecular weight excluding hydrogens is 478 g/mol. The molecular formula is C30H41N5O3. The largest absolute Gasteiger partial charge is 0.508 e. The van der Waals surface area contributed by atoms with E-state index in [1.54, 1.807) is 12.1 Å². The van der Waals surface area contributed by atoms with Crippen molar-refractivity contribution in [2.75, 3.05) is 26.2 Å². The lowest BCUT2D eigenvalue weighted by molar-refractivity contribution is 0.00461. The average molecular weight is 520 g/mol. The van der Waals surface area contributed by atoms with Gasteiger partial charge in [-0.25, -0.2) is 4.79 Å². The van der Waals surface area contributed by atoms with Gasteiger partial charge in [0.25, 0.3) is 0 Å². The summed E-state index contributed by atoms with van der Waals surface area (Å²) in [4.78, 5) is 21.4. The van der Waals surface area contributed by atoms with Crippen molar-refractivity contribution < 1.29 is 14.6 Å². The molecule has 8 heteroatoms. The normalized spacial score (nSPS) is 22.1. The lowest BCUT2D eigenvalue weighted by Gasteiger charge is -2.40. The fourth-order valence-corrected chi connectivity index (χ4v) is 4.76. The lowest BCUT2D eigenvalue weighted by Crippen LogP contribution is -2.54. The molecule has 1 amide bonds. The van der Waals surface area contributed by atoms with Crippen LogP contribution in [0.4, 0.5) is 4.79 Å². The summed E-state index contributed by atoms with van der Waals surface area (Å²) in [5.41, 5.74) is 4.03. The van der Waals surface area contributed by atoms with Crippen LogP contribution in [0.2, 0.25) is 0 Å². The number of nitrogens with zero attached hydrogens (tertiary/aromatic N) is 3. The highest BCUT2D eigenvalue weighted by molar-refractivity contribution is 5.86. The Morgan fingerprint density at radius 3 is 2.66 bits per heavy atom. The van der Waals surface area contributed by atoms with Crippen molar-refractivity contribution >= 4 is 18.0 Å². The number of hydrogen-bond acceptors (Lipinski definition) is 7. The molecule has 1 saturated heterocycles. The zero-order chi connectivity index (χ0) is 27.3. The van der Waals surface area contributed by atoms with Gasteiger partial charge in [0, 0.05) is 50.7 Å². The first-order valence-corrected chi connectivity index (χ1v) is 13.4. The maximum atomic E-state index is 12.5. The Balaban J connectivity index is 1.32. The third-order valence-corrected chi connectivity index (χ3v) is 6.81. The molecule has 1 unspecified atom stereocenters. The van der Waals surface area contributed by atoms with E-state index in [1.807, 2.05) is 57.0 Å². The van der Waals surface area contributed by atoms with Gasteiger partial charge in [0.05, 0.1) is 0 Å². The smallest absolute Gasteiger partial charge is 0.410 e. The molecule has 2 aromatic rings. The number of nitrogens with one attached hydrogen (secondary N) is 2. The second kappa shape index (κ2) is 11.6. The Morgan fingerprint density at radius 2 is 1.95 bits per heavy atom. The van der Waals surface area contributed by atoms with Crippen LogP contribution >= 0.6 is 0 Å². The molecule has 0 radical (unpaired) electrons. The maximum absolute atomic E-state index is 12.5. The van der Waals surface area contributed by atoms with Gasteiger partial charge in [-0.2, -0.15) is 0 Å². The standard InChI is InChI=1S/C30H41N5O3/c1-22-20-35(28(37)38-29(2,3)4)18-17-34(22)21-24-7-6-8-25(19-24)27-14-16-32-30(5,33-27)31-15-13-23-9-11-26(36)12-10-23/h6-12,14,16,19,22,31,33,36H,13,15,17-18,20-21H2,1-5H3/t22-,30?/m0/s1. The summed E-state index contributed by atoms with van der Waals surface area (Å²) in [7, 11) is 0. The SMILES string of the molecule is C[C@H]1CN(C(=O)OC(C)(C)C)CCN1Cc1cccc(C2=CC=NC(C)(NCCc3ccc(O)cc3)N2)c1. The molecule has 0 aliphatic carbocycles. The van der Waals surface area contributed by atoms with E-state index in [9.17, 15) is 9.90 Å². The van der Waals surface area contributed by atoms with Gasteiger partial charge in [0.15, 0.2) is 5.79 Å². The highest BCUT2D eigenvalue weighted by Gasteiger charge is 2.30. The van der Waals surface area contributed by atoms with Crippen LogP contribution in [0.15, 0.2) is 59.6 Å². The fraction of sp³-hybridized carbons (Fsp3) is 0.467. The monoisotopic (exact) mass is 519 g/mol. The molecule has 2 atom stereocenters. The molecule has 2 aliphatic heterocycles. The molecule has 2 aliphatic rings. The summed E-state index contributed by atoms with van der Waals surface area (Å²) in [5, 5.41) is 16.5. The molecule has 2 aromatic carbocycles. The molecule has 204 valence electrons. The van der Waals surface area contributed by atoms with Crippen molar-refractivity contribution in [2.24, 2.45) is 4.99 Å². The quantitative estimate of drug-likeness (QED) is 0.504. The van der Waals surface area contributed by atoms with Crippen molar-refractivity contribution in [1.82, 2.24) is 20.4 Å². The number of piperazine rings is 1. The van der Waals surface area contributed by atoms with Gasteiger partial charge in [0.1, 0.15) is 11.4 Å². The van der Waals surface area contributed by atoms with E-state index in [2.05, 4.69) is 51.7 Å². The minimum atomic E-state index is -0.608. The van der Waals surface area contributed by atoms with Gasteiger partial charge >= 0.3 is 6.09 Å². The number of carbonyl (C=O) groups is 1. The van der Waals surface area contributed by atoms with Gasteiger partial charge in [-0.15, -0.1) is 0 Å². The summed E-state index contributed by atoms with van der Waals surface area (Å²) in [6, 6.07) is 16.1. The molecule has 38 heavy (non-hydrogen) atoms. The minimum Gasteiger partial charge on any atom is -0.508 e. The van der Waals surface area contributed by atoms with Crippen LogP contribution in [0.25, 0.3) is 5.70 Å². The van der Waals surface area contributed by atoms with Crippen LogP contribution in [0, 0.1) is 0 Å². The number of rotatable bonds is 7. The second-order valence-electron chi connectivity index (χ2n) is 11.3. The third-order valence-electron chi connectivity index (χ3n) is 6.81. The zero-order valence-corrected chi connectivity index (χ0v) is 23.2. The lowest BCUT2D eigenvalue weighted by atomic mass is 10.0. The van der Waals surface area contributed by atoms with E-state index < -0.39 is 11.4 Å². The van der Waals surface area contributed by atoms with E-state index in [0.717, 1.165) is 42.9 Å².